The molecule has 27 heavy (non-hydrogen) atoms. The Balaban J connectivity index is 1.56. The Bertz CT molecular complexity index is 1030. The molecule has 0 unspecified atom stereocenters. The molecule has 0 spiro atoms. The molecule has 0 saturated heterocycles. The number of amides is 2. The molecule has 0 fully saturated rings. The van der Waals surface area contributed by atoms with Crippen LogP contribution in [0.1, 0.15) is 36.6 Å². The monoisotopic (exact) mass is 357 g/mol. The van der Waals surface area contributed by atoms with Crippen molar-refractivity contribution in [3.63, 3.8) is 0 Å². The summed E-state index contributed by atoms with van der Waals surface area (Å²) in [7, 11) is 0. The summed E-state index contributed by atoms with van der Waals surface area (Å²) in [5.74, 6) is -1.38. The van der Waals surface area contributed by atoms with Crippen molar-refractivity contribution in [2.75, 3.05) is 4.90 Å². The van der Waals surface area contributed by atoms with Gasteiger partial charge in [-0.2, -0.15) is 0 Å². The third-order valence-corrected chi connectivity index (χ3v) is 4.35. The Morgan fingerprint density at radius 2 is 1.41 bits per heavy atom. The molecule has 2 amide bonds. The van der Waals surface area contributed by atoms with E-state index in [0.29, 0.717) is 5.69 Å². The molecule has 1 aliphatic heterocycles. The number of ether oxygens (including phenoxy) is 1. The molecule has 0 saturated carbocycles. The average molecular weight is 357 g/mol. The van der Waals surface area contributed by atoms with E-state index in [2.05, 4.69) is 0 Å². The van der Waals surface area contributed by atoms with Gasteiger partial charge in [-0.3, -0.25) is 9.59 Å². The Morgan fingerprint density at radius 1 is 0.778 bits per heavy atom. The molecule has 1 heterocycles. The smallest absolute Gasteiger partial charge is 0.338 e. The first-order chi connectivity index (χ1) is 13.1. The van der Waals surface area contributed by atoms with Gasteiger partial charge in [0.2, 0.25) is 0 Å². The summed E-state index contributed by atoms with van der Waals surface area (Å²) in [5.41, 5.74) is 2.09. The van der Waals surface area contributed by atoms with E-state index in [1.54, 1.807) is 24.3 Å². The highest BCUT2D eigenvalue weighted by molar-refractivity contribution is 6.34. The topological polar surface area (TPSA) is 63.7 Å². The van der Waals surface area contributed by atoms with Gasteiger partial charge in [-0.25, -0.2) is 9.69 Å². The summed E-state index contributed by atoms with van der Waals surface area (Å²) < 4.78 is 5.30. The molecule has 3 aromatic carbocycles. The van der Waals surface area contributed by atoms with Gasteiger partial charge in [0, 0.05) is 0 Å². The minimum Gasteiger partial charge on any atom is -0.457 e. The third kappa shape index (κ3) is 3.11. The lowest BCUT2D eigenvalue weighted by Crippen LogP contribution is -2.29. The predicted molar refractivity (Wildman–Crippen MR) is 99.6 cm³/mol. The van der Waals surface area contributed by atoms with Crippen molar-refractivity contribution >= 4 is 23.5 Å². The third-order valence-electron chi connectivity index (χ3n) is 4.35. The number of carbonyl (C=O) groups excluding carboxylic acids is 3. The highest BCUT2D eigenvalue weighted by Gasteiger charge is 2.37. The number of para-hydroxylation sites is 1. The molecular formula is C22H15NO4. The van der Waals surface area contributed by atoms with Crippen molar-refractivity contribution in [2.24, 2.45) is 0 Å². The Labute approximate surface area is 155 Å². The maximum atomic E-state index is 12.7. The maximum absolute atomic E-state index is 12.7. The molecule has 0 aromatic heterocycles. The van der Waals surface area contributed by atoms with E-state index in [1.807, 2.05) is 36.4 Å². The predicted octanol–water partition coefficient (Wildman–Crippen LogP) is 3.84. The minimum atomic E-state index is -0.542. The van der Waals surface area contributed by atoms with Gasteiger partial charge in [0.25, 0.3) is 11.8 Å². The first-order valence-electron chi connectivity index (χ1n) is 8.44. The first kappa shape index (κ1) is 16.7. The highest BCUT2D eigenvalue weighted by atomic mass is 16.5. The van der Waals surface area contributed by atoms with Crippen molar-refractivity contribution < 1.29 is 19.1 Å². The van der Waals surface area contributed by atoms with Gasteiger partial charge in [-0.1, -0.05) is 48.5 Å². The summed E-state index contributed by atoms with van der Waals surface area (Å²) in [4.78, 5) is 38.7. The van der Waals surface area contributed by atoms with Crippen LogP contribution in [0, 0.1) is 0 Å². The molecule has 132 valence electrons. The zero-order chi connectivity index (χ0) is 18.8. The number of carbonyl (C=O) groups is 3. The lowest BCUT2D eigenvalue weighted by Gasteiger charge is -2.13. The van der Waals surface area contributed by atoms with E-state index in [-0.39, 0.29) is 23.3 Å². The fourth-order valence-corrected chi connectivity index (χ4v) is 2.99. The van der Waals surface area contributed by atoms with E-state index in [4.69, 9.17) is 4.74 Å². The number of hydrogen-bond acceptors (Lipinski definition) is 4. The van der Waals surface area contributed by atoms with Gasteiger partial charge in [0.05, 0.1) is 22.4 Å². The van der Waals surface area contributed by atoms with Crippen LogP contribution in [-0.2, 0) is 11.3 Å². The standard InChI is InChI=1S/C22H15NO4/c24-20-18-12-11-16(22(26)27-14-15-7-3-1-4-8-15)13-19(18)21(25)23(20)17-9-5-2-6-10-17/h1-13H,14H2. The van der Waals surface area contributed by atoms with Gasteiger partial charge in [-0.15, -0.1) is 0 Å². The first-order valence-corrected chi connectivity index (χ1v) is 8.44. The molecule has 0 atom stereocenters. The number of esters is 1. The van der Waals surface area contributed by atoms with Crippen LogP contribution in [0.5, 0.6) is 0 Å². The average Bonchev–Trinajstić information content (AvgIpc) is 2.97. The van der Waals surface area contributed by atoms with E-state index in [1.165, 1.54) is 18.2 Å². The quantitative estimate of drug-likeness (QED) is 0.526. The number of anilines is 1. The van der Waals surface area contributed by atoms with E-state index >= 15 is 0 Å². The molecule has 0 bridgehead atoms. The number of fused-ring (bicyclic) bond motifs is 1. The molecule has 5 nitrogen and oxygen atoms in total. The van der Waals surface area contributed by atoms with Crippen molar-refractivity contribution in [3.8, 4) is 0 Å². The molecular weight excluding hydrogens is 342 g/mol. The van der Waals surface area contributed by atoms with Crippen LogP contribution >= 0.6 is 0 Å². The number of nitrogens with zero attached hydrogens (tertiary/aromatic N) is 1. The lowest BCUT2D eigenvalue weighted by atomic mass is 10.1. The van der Waals surface area contributed by atoms with Gasteiger partial charge < -0.3 is 4.74 Å². The van der Waals surface area contributed by atoms with Gasteiger partial charge >= 0.3 is 5.97 Å². The van der Waals surface area contributed by atoms with Crippen LogP contribution in [0.3, 0.4) is 0 Å². The largest absolute Gasteiger partial charge is 0.457 e. The van der Waals surface area contributed by atoms with Crippen LogP contribution in [-0.4, -0.2) is 17.8 Å². The number of hydrogen-bond donors (Lipinski definition) is 0. The molecule has 5 heteroatoms. The molecule has 3 aromatic rings. The second-order valence-corrected chi connectivity index (χ2v) is 6.10. The zero-order valence-corrected chi connectivity index (χ0v) is 14.3. The zero-order valence-electron chi connectivity index (χ0n) is 14.3. The summed E-state index contributed by atoms with van der Waals surface area (Å²) in [6.07, 6.45) is 0. The Kier molecular flexibility index (Phi) is 4.26. The summed E-state index contributed by atoms with van der Waals surface area (Å²) in [5, 5.41) is 0. The summed E-state index contributed by atoms with van der Waals surface area (Å²) in [6, 6.07) is 22.4. The van der Waals surface area contributed by atoms with E-state index < -0.39 is 17.8 Å². The second-order valence-electron chi connectivity index (χ2n) is 6.10. The van der Waals surface area contributed by atoms with Crippen LogP contribution in [0.25, 0.3) is 0 Å². The van der Waals surface area contributed by atoms with Crippen LogP contribution < -0.4 is 4.90 Å². The Morgan fingerprint density at radius 3 is 2.11 bits per heavy atom. The summed E-state index contributed by atoms with van der Waals surface area (Å²) >= 11 is 0. The maximum Gasteiger partial charge on any atom is 0.338 e. The lowest BCUT2D eigenvalue weighted by molar-refractivity contribution is 0.0472. The summed E-state index contributed by atoms with van der Waals surface area (Å²) in [6.45, 7) is 0.139. The van der Waals surface area contributed by atoms with Crippen molar-refractivity contribution in [3.05, 3.63) is 101 Å². The SMILES string of the molecule is O=C(OCc1ccccc1)c1ccc2c(c1)C(=O)N(c1ccccc1)C2=O. The normalized spacial score (nSPS) is 12.8. The van der Waals surface area contributed by atoms with Crippen molar-refractivity contribution in [1.29, 1.82) is 0 Å². The molecule has 0 radical (unpaired) electrons. The second kappa shape index (κ2) is 6.88. The van der Waals surface area contributed by atoms with Crippen molar-refractivity contribution in [2.45, 2.75) is 6.61 Å². The van der Waals surface area contributed by atoms with Crippen molar-refractivity contribution in [1.82, 2.24) is 0 Å². The van der Waals surface area contributed by atoms with Crippen LogP contribution in [0.15, 0.2) is 78.9 Å². The minimum absolute atomic E-state index is 0.139. The fourth-order valence-electron chi connectivity index (χ4n) is 2.99. The fraction of sp³-hybridized carbons (Fsp3) is 0.0455. The molecule has 4 rings (SSSR count). The van der Waals surface area contributed by atoms with Gasteiger partial charge in [0.1, 0.15) is 6.61 Å². The Hall–Kier alpha value is -3.73. The van der Waals surface area contributed by atoms with Gasteiger partial charge in [0.15, 0.2) is 0 Å². The van der Waals surface area contributed by atoms with Crippen LogP contribution in [0.4, 0.5) is 5.69 Å². The van der Waals surface area contributed by atoms with Gasteiger partial charge in [-0.05, 0) is 35.9 Å². The molecule has 0 N–H and O–H groups in total. The van der Waals surface area contributed by atoms with E-state index in [9.17, 15) is 14.4 Å². The molecule has 0 aliphatic carbocycles. The number of benzene rings is 3. The van der Waals surface area contributed by atoms with E-state index in [0.717, 1.165) is 10.5 Å². The van der Waals surface area contributed by atoms with Crippen LogP contribution in [0.2, 0.25) is 0 Å². The molecule has 1 aliphatic rings. The number of rotatable bonds is 4. The highest BCUT2D eigenvalue weighted by Crippen LogP contribution is 2.29. The number of imide groups is 1.